The second-order valence-corrected chi connectivity index (χ2v) is 9.98. The van der Waals surface area contributed by atoms with Gasteiger partial charge < -0.3 is 19.8 Å². The van der Waals surface area contributed by atoms with Gasteiger partial charge in [0.15, 0.2) is 0 Å². The fourth-order valence-electron chi connectivity index (χ4n) is 4.96. The topological polar surface area (TPSA) is 103 Å². The van der Waals surface area contributed by atoms with E-state index in [1.807, 2.05) is 44.0 Å². The summed E-state index contributed by atoms with van der Waals surface area (Å²) in [5, 5.41) is 19.4. The number of carboxylic acids is 1. The molecule has 0 radical (unpaired) electrons. The second kappa shape index (κ2) is 11.2. The zero-order valence-electron chi connectivity index (χ0n) is 21.2. The summed E-state index contributed by atoms with van der Waals surface area (Å²) in [6, 6.07) is 8.51. The number of carboxylic acid groups (broad SMARTS) is 1. The van der Waals surface area contributed by atoms with Crippen LogP contribution in [0.4, 0.5) is 0 Å². The third-order valence-corrected chi connectivity index (χ3v) is 7.11. The third-order valence-electron chi connectivity index (χ3n) is 7.11. The maximum absolute atomic E-state index is 13.6. The zero-order chi connectivity index (χ0) is 25.8. The number of carbonyl (C=O) groups is 2. The number of ether oxygens (including phenoxy) is 1. The molecular weight excluding hydrogens is 458 g/mol. The molecule has 1 aromatic carbocycles. The lowest BCUT2D eigenvalue weighted by molar-refractivity contribution is 0.0325. The van der Waals surface area contributed by atoms with Crippen LogP contribution in [0.15, 0.2) is 42.6 Å². The Morgan fingerprint density at radius 3 is 2.81 bits per heavy atom. The standard InChI is InChI=1S/C28H35N3O5/c1-18-14-31(19(2)17-32)27(33)24-12-22(20-8-4-5-9-20)13-29-26(24)36-25(18)16-30(3)15-21-10-6-7-11-23(21)28(34)35/h6-8,10-13,18-19,25,32H,4-5,9,14-17H2,1-3H3,(H,34,35)/t18-,19-,25-/m0/s1. The van der Waals surface area contributed by atoms with Gasteiger partial charge in [0, 0.05) is 31.7 Å². The molecule has 0 saturated heterocycles. The lowest BCUT2D eigenvalue weighted by Gasteiger charge is -2.37. The lowest BCUT2D eigenvalue weighted by atomic mass is 9.98. The van der Waals surface area contributed by atoms with Gasteiger partial charge in [-0.25, -0.2) is 9.78 Å². The maximum Gasteiger partial charge on any atom is 0.336 e. The molecule has 1 aromatic heterocycles. The molecule has 2 N–H and O–H groups in total. The number of rotatable bonds is 8. The molecule has 8 heteroatoms. The van der Waals surface area contributed by atoms with Crippen molar-refractivity contribution >= 4 is 17.4 Å². The number of carbonyl (C=O) groups excluding carboxylic acids is 1. The monoisotopic (exact) mass is 493 g/mol. The number of likely N-dealkylation sites (N-methyl/N-ethyl adjacent to an activating group) is 1. The molecule has 0 spiro atoms. The minimum absolute atomic E-state index is 0.0488. The van der Waals surface area contributed by atoms with Gasteiger partial charge in [0.1, 0.15) is 11.7 Å². The van der Waals surface area contributed by atoms with Gasteiger partial charge in [-0.2, -0.15) is 0 Å². The molecule has 2 aromatic rings. The number of nitrogens with zero attached hydrogens (tertiary/aromatic N) is 3. The van der Waals surface area contributed by atoms with Gasteiger partial charge in [-0.15, -0.1) is 0 Å². The number of aliphatic hydroxyl groups excluding tert-OH is 1. The van der Waals surface area contributed by atoms with E-state index in [0.29, 0.717) is 31.1 Å². The van der Waals surface area contributed by atoms with Gasteiger partial charge in [-0.1, -0.05) is 31.2 Å². The molecule has 2 heterocycles. The first kappa shape index (κ1) is 25.9. The van der Waals surface area contributed by atoms with Crippen LogP contribution >= 0.6 is 0 Å². The third kappa shape index (κ3) is 5.60. The van der Waals surface area contributed by atoms with Gasteiger partial charge in [-0.3, -0.25) is 9.69 Å². The largest absolute Gasteiger partial charge is 0.478 e. The summed E-state index contributed by atoms with van der Waals surface area (Å²) >= 11 is 0. The van der Waals surface area contributed by atoms with Crippen LogP contribution in [0.1, 0.15) is 65.0 Å². The summed E-state index contributed by atoms with van der Waals surface area (Å²) in [7, 11) is 1.93. The highest BCUT2D eigenvalue weighted by Gasteiger charge is 2.34. The lowest BCUT2D eigenvalue weighted by Crippen LogP contribution is -2.50. The van der Waals surface area contributed by atoms with E-state index >= 15 is 0 Å². The number of pyridine rings is 1. The number of hydrogen-bond donors (Lipinski definition) is 2. The predicted octanol–water partition coefficient (Wildman–Crippen LogP) is 3.70. The van der Waals surface area contributed by atoms with Crippen LogP contribution in [0.25, 0.3) is 5.57 Å². The number of aliphatic hydroxyl groups is 1. The number of aromatic carboxylic acids is 1. The van der Waals surface area contributed by atoms with Crippen molar-refractivity contribution in [2.24, 2.45) is 5.92 Å². The average Bonchev–Trinajstić information content (AvgIpc) is 3.40. The molecule has 0 bridgehead atoms. The molecule has 3 atom stereocenters. The van der Waals surface area contributed by atoms with Gasteiger partial charge in [0.2, 0.25) is 5.88 Å². The number of benzene rings is 1. The normalized spacial score (nSPS) is 20.9. The maximum atomic E-state index is 13.6. The molecule has 192 valence electrons. The van der Waals surface area contributed by atoms with Crippen molar-refractivity contribution in [3.8, 4) is 5.88 Å². The fraction of sp³-hybridized carbons (Fsp3) is 0.464. The van der Waals surface area contributed by atoms with E-state index in [4.69, 9.17) is 4.74 Å². The molecular formula is C28H35N3O5. The molecule has 1 aliphatic carbocycles. The zero-order valence-corrected chi connectivity index (χ0v) is 21.2. The quantitative estimate of drug-likeness (QED) is 0.578. The van der Waals surface area contributed by atoms with E-state index in [-0.39, 0.29) is 36.1 Å². The van der Waals surface area contributed by atoms with Crippen molar-refractivity contribution < 1.29 is 24.5 Å². The number of fused-ring (bicyclic) bond motifs is 1. The summed E-state index contributed by atoms with van der Waals surface area (Å²) in [4.78, 5) is 33.5. The highest BCUT2D eigenvalue weighted by Crippen LogP contribution is 2.32. The van der Waals surface area contributed by atoms with Crippen molar-refractivity contribution in [1.82, 2.24) is 14.8 Å². The summed E-state index contributed by atoms with van der Waals surface area (Å²) in [5.74, 6) is -0.887. The Kier molecular flexibility index (Phi) is 8.06. The highest BCUT2D eigenvalue weighted by molar-refractivity contribution is 5.97. The molecule has 1 aliphatic heterocycles. The first-order valence-electron chi connectivity index (χ1n) is 12.6. The first-order chi connectivity index (χ1) is 17.3. The Morgan fingerprint density at radius 1 is 1.33 bits per heavy atom. The van der Waals surface area contributed by atoms with Crippen LogP contribution < -0.4 is 4.74 Å². The minimum atomic E-state index is -0.951. The molecule has 2 aliphatic rings. The van der Waals surface area contributed by atoms with Crippen LogP contribution in [-0.4, -0.2) is 75.8 Å². The van der Waals surface area contributed by atoms with Gasteiger partial charge in [0.25, 0.3) is 5.91 Å². The smallest absolute Gasteiger partial charge is 0.336 e. The second-order valence-electron chi connectivity index (χ2n) is 9.98. The Morgan fingerprint density at radius 2 is 2.11 bits per heavy atom. The molecule has 0 fully saturated rings. The summed E-state index contributed by atoms with van der Waals surface area (Å²) < 4.78 is 6.39. The first-order valence-corrected chi connectivity index (χ1v) is 12.6. The number of hydrogen-bond acceptors (Lipinski definition) is 6. The van der Waals surface area contributed by atoms with Crippen LogP contribution in [0.3, 0.4) is 0 Å². The fourth-order valence-corrected chi connectivity index (χ4v) is 4.96. The molecule has 0 saturated carbocycles. The predicted molar refractivity (Wildman–Crippen MR) is 137 cm³/mol. The Balaban J connectivity index is 1.62. The summed E-state index contributed by atoms with van der Waals surface area (Å²) in [6.07, 6.45) is 6.77. The van der Waals surface area contributed by atoms with E-state index in [9.17, 15) is 19.8 Å². The van der Waals surface area contributed by atoms with Crippen molar-refractivity contribution in [2.75, 3.05) is 26.7 Å². The minimum Gasteiger partial charge on any atom is -0.478 e. The van der Waals surface area contributed by atoms with E-state index < -0.39 is 5.97 Å². The Labute approximate surface area is 212 Å². The molecule has 4 rings (SSSR count). The SMILES string of the molecule is C[C@H]1CN([C@@H](C)CO)C(=O)c2cc(C3=CCCC3)cnc2O[C@H]1CN(C)Cc1ccccc1C(=O)O. The van der Waals surface area contributed by atoms with Crippen LogP contribution in [0, 0.1) is 5.92 Å². The van der Waals surface area contributed by atoms with Gasteiger partial charge in [0.05, 0.1) is 18.2 Å². The van der Waals surface area contributed by atoms with Crippen molar-refractivity contribution in [2.45, 2.75) is 51.8 Å². The van der Waals surface area contributed by atoms with Crippen LogP contribution in [-0.2, 0) is 6.54 Å². The van der Waals surface area contributed by atoms with Crippen molar-refractivity contribution in [3.63, 3.8) is 0 Å². The Bertz CT molecular complexity index is 1150. The molecule has 1 amide bonds. The van der Waals surface area contributed by atoms with Crippen LogP contribution in [0.5, 0.6) is 5.88 Å². The van der Waals surface area contributed by atoms with Gasteiger partial charge >= 0.3 is 5.97 Å². The highest BCUT2D eigenvalue weighted by atomic mass is 16.5. The molecule has 0 unspecified atom stereocenters. The van der Waals surface area contributed by atoms with Crippen molar-refractivity contribution in [1.29, 1.82) is 0 Å². The van der Waals surface area contributed by atoms with E-state index in [1.54, 1.807) is 23.2 Å². The summed E-state index contributed by atoms with van der Waals surface area (Å²) in [5.41, 5.74) is 3.56. The van der Waals surface area contributed by atoms with Gasteiger partial charge in [-0.05, 0) is 62.1 Å². The van der Waals surface area contributed by atoms with E-state index in [2.05, 4.69) is 11.1 Å². The number of aromatic nitrogens is 1. The number of amides is 1. The van der Waals surface area contributed by atoms with Crippen molar-refractivity contribution in [3.05, 3.63) is 64.9 Å². The number of allylic oxidation sites excluding steroid dienone is 2. The molecule has 36 heavy (non-hydrogen) atoms. The van der Waals surface area contributed by atoms with Crippen LogP contribution in [0.2, 0.25) is 0 Å². The van der Waals surface area contributed by atoms with E-state index in [1.165, 1.54) is 5.57 Å². The summed E-state index contributed by atoms with van der Waals surface area (Å²) in [6.45, 7) is 5.11. The Hall–Kier alpha value is -3.23. The van der Waals surface area contributed by atoms with E-state index in [0.717, 1.165) is 30.4 Å². The molecule has 8 nitrogen and oxygen atoms in total. The average molecular weight is 494 g/mol.